The van der Waals surface area contributed by atoms with Gasteiger partial charge in [-0.2, -0.15) is 0 Å². The number of amides is 1. The van der Waals surface area contributed by atoms with Crippen molar-refractivity contribution >= 4 is 17.3 Å². The van der Waals surface area contributed by atoms with Gasteiger partial charge in [-0.25, -0.2) is 0 Å². The highest BCUT2D eigenvalue weighted by atomic mass is 16.5. The van der Waals surface area contributed by atoms with E-state index in [1.807, 2.05) is 63.2 Å². The van der Waals surface area contributed by atoms with Gasteiger partial charge in [0, 0.05) is 19.7 Å². The smallest absolute Gasteiger partial charge is 0.255 e. The molecule has 2 aromatic carbocycles. The summed E-state index contributed by atoms with van der Waals surface area (Å²) >= 11 is 0. The average molecular weight is 365 g/mol. The maximum absolute atomic E-state index is 12.7. The molecular weight excluding hydrogens is 342 g/mol. The maximum Gasteiger partial charge on any atom is 0.255 e. The monoisotopic (exact) mass is 365 g/mol. The number of hydrogen-bond donors (Lipinski definition) is 1. The number of ether oxygens (including phenoxy) is 1. The van der Waals surface area contributed by atoms with Gasteiger partial charge in [0.15, 0.2) is 0 Å². The number of nitrogens with zero attached hydrogens (tertiary/aromatic N) is 2. The lowest BCUT2D eigenvalue weighted by Gasteiger charge is -2.17. The van der Waals surface area contributed by atoms with Crippen molar-refractivity contribution in [2.45, 2.75) is 20.5 Å². The van der Waals surface area contributed by atoms with E-state index in [4.69, 9.17) is 9.26 Å². The molecule has 1 amide bonds. The SMILES string of the molecule is Cc1noc(C)c1COc1cccc(C(=O)Nc2ccccc2N(C)C)c1. The lowest BCUT2D eigenvalue weighted by atomic mass is 10.2. The van der Waals surface area contributed by atoms with E-state index in [0.717, 1.165) is 28.4 Å². The normalized spacial score (nSPS) is 10.5. The Morgan fingerprint density at radius 1 is 1.15 bits per heavy atom. The molecule has 0 bridgehead atoms. The van der Waals surface area contributed by atoms with Crippen LogP contribution in [0.2, 0.25) is 0 Å². The molecule has 6 heteroatoms. The predicted octanol–water partition coefficient (Wildman–Crippen LogP) is 4.19. The van der Waals surface area contributed by atoms with Gasteiger partial charge < -0.3 is 19.5 Å². The van der Waals surface area contributed by atoms with Gasteiger partial charge in [-0.05, 0) is 44.2 Å². The number of carbonyl (C=O) groups excluding carboxylic acids is 1. The van der Waals surface area contributed by atoms with E-state index >= 15 is 0 Å². The summed E-state index contributed by atoms with van der Waals surface area (Å²) in [5.41, 5.74) is 3.96. The van der Waals surface area contributed by atoms with Crippen molar-refractivity contribution in [3.8, 4) is 5.75 Å². The average Bonchev–Trinajstić information content (AvgIpc) is 2.98. The van der Waals surface area contributed by atoms with Gasteiger partial charge in [-0.3, -0.25) is 4.79 Å². The van der Waals surface area contributed by atoms with E-state index in [9.17, 15) is 4.79 Å². The molecule has 140 valence electrons. The van der Waals surface area contributed by atoms with Gasteiger partial charge in [-0.1, -0.05) is 23.4 Å². The topological polar surface area (TPSA) is 67.6 Å². The fourth-order valence-electron chi connectivity index (χ4n) is 2.75. The zero-order valence-electron chi connectivity index (χ0n) is 15.9. The van der Waals surface area contributed by atoms with Gasteiger partial charge in [0.2, 0.25) is 0 Å². The van der Waals surface area contributed by atoms with Crippen LogP contribution in [0.15, 0.2) is 53.1 Å². The molecular formula is C21H23N3O3. The first-order valence-corrected chi connectivity index (χ1v) is 8.68. The molecule has 0 aliphatic rings. The molecule has 6 nitrogen and oxygen atoms in total. The van der Waals surface area contributed by atoms with Crippen LogP contribution in [0, 0.1) is 13.8 Å². The minimum Gasteiger partial charge on any atom is -0.489 e. The van der Waals surface area contributed by atoms with E-state index in [1.54, 1.807) is 18.2 Å². The largest absolute Gasteiger partial charge is 0.489 e. The maximum atomic E-state index is 12.7. The summed E-state index contributed by atoms with van der Waals surface area (Å²) in [4.78, 5) is 14.6. The van der Waals surface area contributed by atoms with E-state index in [0.29, 0.717) is 17.9 Å². The highest BCUT2D eigenvalue weighted by Crippen LogP contribution is 2.25. The Morgan fingerprint density at radius 2 is 1.93 bits per heavy atom. The Kier molecular flexibility index (Phi) is 5.45. The number of aryl methyl sites for hydroxylation is 2. The summed E-state index contributed by atoms with van der Waals surface area (Å²) in [6.45, 7) is 4.07. The molecule has 0 unspecified atom stereocenters. The third-order valence-corrected chi connectivity index (χ3v) is 4.29. The summed E-state index contributed by atoms with van der Waals surface area (Å²) < 4.78 is 11.0. The zero-order valence-corrected chi connectivity index (χ0v) is 15.9. The van der Waals surface area contributed by atoms with E-state index in [2.05, 4.69) is 10.5 Å². The second-order valence-corrected chi connectivity index (χ2v) is 6.48. The van der Waals surface area contributed by atoms with Gasteiger partial charge in [0.25, 0.3) is 5.91 Å². The Hall–Kier alpha value is -3.28. The first-order chi connectivity index (χ1) is 13.0. The highest BCUT2D eigenvalue weighted by Gasteiger charge is 2.12. The standard InChI is InChI=1S/C21H23N3O3/c1-14-18(15(2)27-23-14)13-26-17-9-7-8-16(12-17)21(25)22-19-10-5-6-11-20(19)24(3)4/h5-12H,13H2,1-4H3,(H,22,25). The fraction of sp³-hybridized carbons (Fsp3) is 0.238. The van der Waals surface area contributed by atoms with Crippen molar-refractivity contribution in [3.05, 3.63) is 71.1 Å². The molecule has 1 heterocycles. The second kappa shape index (κ2) is 7.95. The molecule has 0 spiro atoms. The Labute approximate surface area is 158 Å². The molecule has 0 saturated carbocycles. The fourth-order valence-corrected chi connectivity index (χ4v) is 2.75. The molecule has 0 aliphatic carbocycles. The molecule has 0 atom stereocenters. The van der Waals surface area contributed by atoms with E-state index in [-0.39, 0.29) is 5.91 Å². The van der Waals surface area contributed by atoms with Crippen LogP contribution in [0.5, 0.6) is 5.75 Å². The molecule has 3 rings (SSSR count). The third-order valence-electron chi connectivity index (χ3n) is 4.29. The summed E-state index contributed by atoms with van der Waals surface area (Å²) in [6, 6.07) is 14.8. The van der Waals surface area contributed by atoms with Crippen LogP contribution in [0.25, 0.3) is 0 Å². The summed E-state index contributed by atoms with van der Waals surface area (Å²) in [5, 5.41) is 6.88. The Balaban J connectivity index is 1.72. The molecule has 1 N–H and O–H groups in total. The quantitative estimate of drug-likeness (QED) is 0.709. The van der Waals surface area contributed by atoms with Crippen molar-refractivity contribution in [1.82, 2.24) is 5.16 Å². The number of anilines is 2. The zero-order chi connectivity index (χ0) is 19.4. The highest BCUT2D eigenvalue weighted by molar-refractivity contribution is 6.06. The molecule has 0 saturated heterocycles. The number of nitrogens with one attached hydrogen (secondary N) is 1. The number of aromatic nitrogens is 1. The van der Waals surface area contributed by atoms with Crippen molar-refractivity contribution in [2.75, 3.05) is 24.3 Å². The lowest BCUT2D eigenvalue weighted by molar-refractivity contribution is 0.102. The van der Waals surface area contributed by atoms with Gasteiger partial charge in [0.05, 0.1) is 22.6 Å². The Bertz CT molecular complexity index is 928. The third kappa shape index (κ3) is 4.28. The van der Waals surface area contributed by atoms with Crippen molar-refractivity contribution in [1.29, 1.82) is 0 Å². The van der Waals surface area contributed by atoms with Crippen LogP contribution in [0.4, 0.5) is 11.4 Å². The van der Waals surface area contributed by atoms with Crippen LogP contribution < -0.4 is 15.0 Å². The van der Waals surface area contributed by atoms with Crippen molar-refractivity contribution in [2.24, 2.45) is 0 Å². The van der Waals surface area contributed by atoms with Crippen LogP contribution in [-0.2, 0) is 6.61 Å². The van der Waals surface area contributed by atoms with Crippen LogP contribution in [-0.4, -0.2) is 25.2 Å². The summed E-state index contributed by atoms with van der Waals surface area (Å²) in [5.74, 6) is 1.16. The molecule has 3 aromatic rings. The van der Waals surface area contributed by atoms with E-state index in [1.165, 1.54) is 0 Å². The van der Waals surface area contributed by atoms with Crippen LogP contribution in [0.1, 0.15) is 27.4 Å². The number of hydrogen-bond acceptors (Lipinski definition) is 5. The van der Waals surface area contributed by atoms with Crippen LogP contribution >= 0.6 is 0 Å². The molecule has 0 radical (unpaired) electrons. The Morgan fingerprint density at radius 3 is 2.63 bits per heavy atom. The molecule has 27 heavy (non-hydrogen) atoms. The number of para-hydroxylation sites is 2. The van der Waals surface area contributed by atoms with Crippen molar-refractivity contribution in [3.63, 3.8) is 0 Å². The van der Waals surface area contributed by atoms with Gasteiger partial charge >= 0.3 is 0 Å². The number of benzene rings is 2. The van der Waals surface area contributed by atoms with Crippen LogP contribution in [0.3, 0.4) is 0 Å². The van der Waals surface area contributed by atoms with Gasteiger partial charge in [0.1, 0.15) is 18.1 Å². The molecule has 1 aromatic heterocycles. The van der Waals surface area contributed by atoms with E-state index < -0.39 is 0 Å². The molecule has 0 aliphatic heterocycles. The first kappa shape index (κ1) is 18.5. The molecule has 0 fully saturated rings. The minimum absolute atomic E-state index is 0.188. The second-order valence-electron chi connectivity index (χ2n) is 6.48. The summed E-state index contributed by atoms with van der Waals surface area (Å²) in [7, 11) is 3.88. The van der Waals surface area contributed by atoms with Gasteiger partial charge in [-0.15, -0.1) is 0 Å². The minimum atomic E-state index is -0.188. The number of rotatable bonds is 6. The predicted molar refractivity (Wildman–Crippen MR) is 105 cm³/mol. The first-order valence-electron chi connectivity index (χ1n) is 8.68. The van der Waals surface area contributed by atoms with Crippen molar-refractivity contribution < 1.29 is 14.1 Å². The summed E-state index contributed by atoms with van der Waals surface area (Å²) in [6.07, 6.45) is 0. The lowest BCUT2D eigenvalue weighted by Crippen LogP contribution is -2.16. The number of carbonyl (C=O) groups is 1.